The summed E-state index contributed by atoms with van der Waals surface area (Å²) in [6.07, 6.45) is 0.526. The summed E-state index contributed by atoms with van der Waals surface area (Å²) in [5.41, 5.74) is 0.996. The summed E-state index contributed by atoms with van der Waals surface area (Å²) in [6, 6.07) is 5.38. The second-order valence-electron chi connectivity index (χ2n) is 5.62. The highest BCUT2D eigenvalue weighted by molar-refractivity contribution is 5.85. The van der Waals surface area contributed by atoms with Gasteiger partial charge in [-0.2, -0.15) is 0 Å². The molecule has 0 saturated carbocycles. The molecule has 0 aromatic heterocycles. The van der Waals surface area contributed by atoms with Crippen LogP contribution in [0.5, 0.6) is 11.5 Å². The number of carbonyl (C=O) groups is 1. The number of nitrogens with one attached hydrogen (secondary N) is 1. The van der Waals surface area contributed by atoms with Gasteiger partial charge in [-0.1, -0.05) is 6.07 Å². The first-order valence-electron chi connectivity index (χ1n) is 7.63. The van der Waals surface area contributed by atoms with E-state index in [1.807, 2.05) is 18.0 Å². The Morgan fingerprint density at radius 3 is 2.70 bits per heavy atom. The molecule has 0 aliphatic carbocycles. The van der Waals surface area contributed by atoms with E-state index in [1.54, 1.807) is 12.1 Å². The van der Waals surface area contributed by atoms with Crippen LogP contribution in [-0.2, 0) is 11.3 Å². The van der Waals surface area contributed by atoms with E-state index in [-0.39, 0.29) is 24.1 Å². The molecule has 1 heterocycles. The zero-order chi connectivity index (χ0) is 15.9. The lowest BCUT2D eigenvalue weighted by molar-refractivity contribution is -0.132. The smallest absolute Gasteiger partial charge is 0.223 e. The van der Waals surface area contributed by atoms with Gasteiger partial charge in [-0.05, 0) is 24.7 Å². The quantitative estimate of drug-likeness (QED) is 0.809. The van der Waals surface area contributed by atoms with Gasteiger partial charge in [0, 0.05) is 45.7 Å². The van der Waals surface area contributed by atoms with Gasteiger partial charge in [-0.3, -0.25) is 4.79 Å². The molecule has 1 aliphatic heterocycles. The van der Waals surface area contributed by atoms with Gasteiger partial charge in [0.2, 0.25) is 5.91 Å². The molecular formula is C16H26ClN3O3. The molecular weight excluding hydrogens is 318 g/mol. The van der Waals surface area contributed by atoms with E-state index in [2.05, 4.69) is 10.2 Å². The normalized spacial score (nSPS) is 14.5. The van der Waals surface area contributed by atoms with Gasteiger partial charge in [-0.25, -0.2) is 0 Å². The lowest BCUT2D eigenvalue weighted by Crippen LogP contribution is -2.47. The van der Waals surface area contributed by atoms with Crippen LogP contribution >= 0.6 is 12.4 Å². The highest BCUT2D eigenvalue weighted by atomic mass is 35.5. The topological polar surface area (TPSA) is 65.0 Å². The first kappa shape index (κ1) is 19.5. The molecule has 1 amide bonds. The number of ether oxygens (including phenoxy) is 1. The zero-order valence-corrected chi connectivity index (χ0v) is 14.6. The van der Waals surface area contributed by atoms with E-state index in [9.17, 15) is 9.90 Å². The number of phenolic OH excluding ortho intramolecular Hbond substituents is 1. The van der Waals surface area contributed by atoms with Crippen LogP contribution < -0.4 is 10.1 Å². The van der Waals surface area contributed by atoms with Crippen LogP contribution in [0.15, 0.2) is 18.2 Å². The van der Waals surface area contributed by atoms with Gasteiger partial charge >= 0.3 is 0 Å². The minimum Gasteiger partial charge on any atom is -0.504 e. The molecule has 0 radical (unpaired) electrons. The number of hydrogen-bond acceptors (Lipinski definition) is 5. The maximum Gasteiger partial charge on any atom is 0.223 e. The highest BCUT2D eigenvalue weighted by Gasteiger charge is 2.16. The number of amides is 1. The first-order valence-corrected chi connectivity index (χ1v) is 7.63. The standard InChI is InChI=1S/C16H25N3O3.ClH/c1-18(8-5-16(21)19-9-6-17-7-10-19)12-13-3-4-15(22-2)14(20)11-13;/h3-4,11,17,20H,5-10,12H2,1-2H3;1H. The maximum absolute atomic E-state index is 12.1. The average Bonchev–Trinajstić information content (AvgIpc) is 2.53. The summed E-state index contributed by atoms with van der Waals surface area (Å²) in [7, 11) is 3.51. The molecule has 1 saturated heterocycles. The molecule has 0 atom stereocenters. The molecule has 1 aromatic carbocycles. The summed E-state index contributed by atoms with van der Waals surface area (Å²) < 4.78 is 5.03. The molecule has 1 aromatic rings. The molecule has 0 spiro atoms. The first-order chi connectivity index (χ1) is 10.6. The number of benzene rings is 1. The van der Waals surface area contributed by atoms with Gasteiger partial charge in [0.15, 0.2) is 11.5 Å². The number of rotatable bonds is 6. The number of nitrogens with zero attached hydrogens (tertiary/aromatic N) is 2. The monoisotopic (exact) mass is 343 g/mol. The van der Waals surface area contributed by atoms with E-state index in [1.165, 1.54) is 7.11 Å². The Labute approximate surface area is 143 Å². The molecule has 6 nitrogen and oxygen atoms in total. The molecule has 2 N–H and O–H groups in total. The predicted molar refractivity (Wildman–Crippen MR) is 92.3 cm³/mol. The van der Waals surface area contributed by atoms with Crippen molar-refractivity contribution in [2.24, 2.45) is 0 Å². The Bertz CT molecular complexity index is 507. The van der Waals surface area contributed by atoms with Crippen molar-refractivity contribution in [2.75, 3.05) is 46.9 Å². The van der Waals surface area contributed by atoms with E-state index in [0.29, 0.717) is 25.3 Å². The van der Waals surface area contributed by atoms with Crippen LogP contribution in [0.25, 0.3) is 0 Å². The van der Waals surface area contributed by atoms with E-state index in [0.717, 1.165) is 31.7 Å². The van der Waals surface area contributed by atoms with E-state index >= 15 is 0 Å². The molecule has 7 heteroatoms. The van der Waals surface area contributed by atoms with E-state index in [4.69, 9.17) is 4.74 Å². The second kappa shape index (κ2) is 9.60. The number of carbonyl (C=O) groups excluding carboxylic acids is 1. The van der Waals surface area contributed by atoms with Crippen molar-refractivity contribution in [3.63, 3.8) is 0 Å². The Hall–Kier alpha value is -1.50. The number of hydrogen-bond donors (Lipinski definition) is 2. The van der Waals surface area contributed by atoms with Gasteiger partial charge < -0.3 is 25.0 Å². The van der Waals surface area contributed by atoms with Crippen LogP contribution in [0.2, 0.25) is 0 Å². The number of phenols is 1. The molecule has 1 aliphatic rings. The SMILES string of the molecule is COc1ccc(CN(C)CCC(=O)N2CCNCC2)cc1O.Cl. The highest BCUT2D eigenvalue weighted by Crippen LogP contribution is 2.26. The number of halogens is 1. The summed E-state index contributed by atoms with van der Waals surface area (Å²) in [4.78, 5) is 16.1. The van der Waals surface area contributed by atoms with Gasteiger partial charge in [0.25, 0.3) is 0 Å². The fraction of sp³-hybridized carbons (Fsp3) is 0.562. The van der Waals surface area contributed by atoms with Crippen molar-refractivity contribution in [3.8, 4) is 11.5 Å². The molecule has 130 valence electrons. The zero-order valence-electron chi connectivity index (χ0n) is 13.7. The second-order valence-corrected chi connectivity index (χ2v) is 5.62. The summed E-state index contributed by atoms with van der Waals surface area (Å²) in [5, 5.41) is 13.0. The summed E-state index contributed by atoms with van der Waals surface area (Å²) in [6.45, 7) is 4.76. The molecule has 1 fully saturated rings. The fourth-order valence-corrected chi connectivity index (χ4v) is 2.58. The van der Waals surface area contributed by atoms with Crippen molar-refractivity contribution in [1.82, 2.24) is 15.1 Å². The number of piperazine rings is 1. The number of aromatic hydroxyl groups is 1. The summed E-state index contributed by atoms with van der Waals surface area (Å²) in [5.74, 6) is 0.830. The maximum atomic E-state index is 12.1. The third-order valence-electron chi connectivity index (χ3n) is 3.87. The van der Waals surface area contributed by atoms with Gasteiger partial charge in [-0.15, -0.1) is 12.4 Å². The Morgan fingerprint density at radius 2 is 2.09 bits per heavy atom. The van der Waals surface area contributed by atoms with Crippen LogP contribution in [0.4, 0.5) is 0 Å². The van der Waals surface area contributed by atoms with Crippen molar-refractivity contribution in [2.45, 2.75) is 13.0 Å². The lowest BCUT2D eigenvalue weighted by Gasteiger charge is -2.28. The van der Waals surface area contributed by atoms with Gasteiger partial charge in [0.1, 0.15) is 0 Å². The minimum atomic E-state index is 0. The minimum absolute atomic E-state index is 0. The molecule has 0 unspecified atom stereocenters. The van der Waals surface area contributed by atoms with Crippen LogP contribution in [0.3, 0.4) is 0 Å². The average molecular weight is 344 g/mol. The lowest BCUT2D eigenvalue weighted by atomic mass is 10.2. The van der Waals surface area contributed by atoms with E-state index < -0.39 is 0 Å². The van der Waals surface area contributed by atoms with Crippen molar-refractivity contribution >= 4 is 18.3 Å². The van der Waals surface area contributed by atoms with Crippen molar-refractivity contribution in [3.05, 3.63) is 23.8 Å². The molecule has 23 heavy (non-hydrogen) atoms. The van der Waals surface area contributed by atoms with Crippen molar-refractivity contribution in [1.29, 1.82) is 0 Å². The van der Waals surface area contributed by atoms with Crippen molar-refractivity contribution < 1.29 is 14.6 Å². The largest absolute Gasteiger partial charge is 0.504 e. The number of methoxy groups -OCH3 is 1. The molecule has 0 bridgehead atoms. The predicted octanol–water partition coefficient (Wildman–Crippen LogP) is 1.08. The van der Waals surface area contributed by atoms with Crippen LogP contribution in [0.1, 0.15) is 12.0 Å². The Morgan fingerprint density at radius 1 is 1.39 bits per heavy atom. The third kappa shape index (κ3) is 5.89. The Balaban J connectivity index is 0.00000264. The Kier molecular flexibility index (Phi) is 8.16. The van der Waals surface area contributed by atoms with Crippen LogP contribution in [0, 0.1) is 0 Å². The summed E-state index contributed by atoms with van der Waals surface area (Å²) >= 11 is 0. The molecule has 2 rings (SSSR count). The third-order valence-corrected chi connectivity index (χ3v) is 3.87. The van der Waals surface area contributed by atoms with Crippen LogP contribution in [-0.4, -0.2) is 67.7 Å². The fourth-order valence-electron chi connectivity index (χ4n) is 2.58. The van der Waals surface area contributed by atoms with Gasteiger partial charge in [0.05, 0.1) is 7.11 Å².